The largest absolute Gasteiger partial charge is 0.394 e. The maximum absolute atomic E-state index is 9.86. The molecule has 0 aromatic rings. The summed E-state index contributed by atoms with van der Waals surface area (Å²) in [5.74, 6) is 0. The molecule has 1 fully saturated rings. The Hall–Kier alpha value is -0.360. The molecule has 0 spiro atoms. The molecule has 0 saturated carbocycles. The fourth-order valence-corrected chi connectivity index (χ4v) is 2.18. The molecule has 0 amide bonds. The Kier molecular flexibility index (Phi) is 8.83. The second-order valence-electron chi connectivity index (χ2n) is 5.76. The first-order chi connectivity index (χ1) is 10.8. The first-order valence-electron chi connectivity index (χ1n) is 7.56. The first kappa shape index (κ1) is 20.7. The highest BCUT2D eigenvalue weighted by Crippen LogP contribution is 2.24. The van der Waals surface area contributed by atoms with Gasteiger partial charge in [-0.05, 0) is 13.8 Å². The minimum atomic E-state index is -1.46. The van der Waals surface area contributed by atoms with Crippen LogP contribution in [0.1, 0.15) is 13.8 Å². The summed E-state index contributed by atoms with van der Waals surface area (Å²) in [5, 5.41) is 48.3. The third kappa shape index (κ3) is 5.89. The van der Waals surface area contributed by atoms with Crippen LogP contribution in [0.3, 0.4) is 0 Å². The predicted octanol–water partition coefficient (Wildman–Crippen LogP) is -2.40. The summed E-state index contributed by atoms with van der Waals surface area (Å²) in [6.07, 6.45) is -7.98. The highest BCUT2D eigenvalue weighted by atomic mass is 16.7. The number of aliphatic hydroxyl groups excluding tert-OH is 5. The standard InChI is InChI=1S/C14H28O9/c1-7(2)21-5-8(16)11(18)9(17)6-22-14-13(20-3)12(19)10(4-15)23-14/h7-19H,4-6H2,1-3H3. The van der Waals surface area contributed by atoms with Crippen LogP contribution < -0.4 is 0 Å². The van der Waals surface area contributed by atoms with Crippen LogP contribution in [-0.2, 0) is 18.9 Å². The third-order valence-electron chi connectivity index (χ3n) is 3.57. The van der Waals surface area contributed by atoms with E-state index in [2.05, 4.69) is 0 Å². The lowest BCUT2D eigenvalue weighted by atomic mass is 10.1. The maximum Gasteiger partial charge on any atom is 0.187 e. The van der Waals surface area contributed by atoms with Gasteiger partial charge in [-0.15, -0.1) is 0 Å². The number of methoxy groups -OCH3 is 1. The molecule has 9 heteroatoms. The zero-order chi connectivity index (χ0) is 17.6. The molecule has 1 aliphatic rings. The lowest BCUT2D eigenvalue weighted by Crippen LogP contribution is -2.44. The average Bonchev–Trinajstić information content (AvgIpc) is 2.84. The molecule has 9 nitrogen and oxygen atoms in total. The van der Waals surface area contributed by atoms with Crippen LogP contribution in [-0.4, -0.2) is 101 Å². The van der Waals surface area contributed by atoms with Crippen LogP contribution in [0.25, 0.3) is 0 Å². The SMILES string of the molecule is COC1C(OCC(O)C(O)C(O)COC(C)C)OC(CO)C1O. The van der Waals surface area contributed by atoms with E-state index in [1.807, 2.05) is 0 Å². The predicted molar refractivity (Wildman–Crippen MR) is 77.6 cm³/mol. The number of rotatable bonds is 10. The summed E-state index contributed by atoms with van der Waals surface area (Å²) in [5.41, 5.74) is 0. The van der Waals surface area contributed by atoms with E-state index in [0.717, 1.165) is 0 Å². The maximum atomic E-state index is 9.86. The summed E-state index contributed by atoms with van der Waals surface area (Å²) in [7, 11) is 1.35. The van der Waals surface area contributed by atoms with Crippen molar-refractivity contribution in [1.82, 2.24) is 0 Å². The summed E-state index contributed by atoms with van der Waals surface area (Å²) in [6, 6.07) is 0. The van der Waals surface area contributed by atoms with Gasteiger partial charge in [-0.1, -0.05) is 0 Å². The topological polar surface area (TPSA) is 138 Å². The Bertz CT molecular complexity index is 327. The van der Waals surface area contributed by atoms with Gasteiger partial charge in [0.05, 0.1) is 25.9 Å². The van der Waals surface area contributed by atoms with Crippen molar-refractivity contribution in [2.24, 2.45) is 0 Å². The van der Waals surface area contributed by atoms with Crippen molar-refractivity contribution < 1.29 is 44.5 Å². The van der Waals surface area contributed by atoms with Crippen LogP contribution in [0.2, 0.25) is 0 Å². The fraction of sp³-hybridized carbons (Fsp3) is 1.00. The molecule has 0 bridgehead atoms. The van der Waals surface area contributed by atoms with Crippen molar-refractivity contribution in [3.63, 3.8) is 0 Å². The monoisotopic (exact) mass is 340 g/mol. The van der Waals surface area contributed by atoms with Crippen molar-refractivity contribution in [2.45, 2.75) is 62.9 Å². The van der Waals surface area contributed by atoms with Crippen molar-refractivity contribution in [3.8, 4) is 0 Å². The van der Waals surface area contributed by atoms with Crippen LogP contribution in [0.4, 0.5) is 0 Å². The summed E-state index contributed by atoms with van der Waals surface area (Å²) in [4.78, 5) is 0. The van der Waals surface area contributed by atoms with Crippen LogP contribution in [0, 0.1) is 0 Å². The van der Waals surface area contributed by atoms with E-state index in [1.165, 1.54) is 7.11 Å². The number of hydrogen-bond donors (Lipinski definition) is 5. The van der Waals surface area contributed by atoms with E-state index in [4.69, 9.17) is 24.1 Å². The molecular weight excluding hydrogens is 312 g/mol. The molecule has 1 saturated heterocycles. The van der Waals surface area contributed by atoms with Crippen molar-refractivity contribution in [1.29, 1.82) is 0 Å². The third-order valence-corrected chi connectivity index (χ3v) is 3.57. The Morgan fingerprint density at radius 1 is 1.09 bits per heavy atom. The van der Waals surface area contributed by atoms with Gasteiger partial charge in [0.15, 0.2) is 6.29 Å². The molecule has 0 radical (unpaired) electrons. The molecular formula is C14H28O9. The number of hydrogen-bond acceptors (Lipinski definition) is 9. The van der Waals surface area contributed by atoms with E-state index in [9.17, 15) is 20.4 Å². The van der Waals surface area contributed by atoms with Crippen LogP contribution in [0.15, 0.2) is 0 Å². The second-order valence-corrected chi connectivity index (χ2v) is 5.76. The lowest BCUT2D eigenvalue weighted by Gasteiger charge is -2.25. The molecule has 0 aromatic heterocycles. The van der Waals surface area contributed by atoms with Gasteiger partial charge in [0.25, 0.3) is 0 Å². The molecule has 0 aromatic carbocycles. The van der Waals surface area contributed by atoms with E-state index >= 15 is 0 Å². The Morgan fingerprint density at radius 2 is 1.70 bits per heavy atom. The van der Waals surface area contributed by atoms with Gasteiger partial charge in [-0.25, -0.2) is 0 Å². The van der Waals surface area contributed by atoms with E-state index in [-0.39, 0.29) is 19.3 Å². The van der Waals surface area contributed by atoms with E-state index in [1.54, 1.807) is 13.8 Å². The average molecular weight is 340 g/mol. The molecule has 1 heterocycles. The summed E-state index contributed by atoms with van der Waals surface area (Å²) in [6.45, 7) is 2.68. The summed E-state index contributed by atoms with van der Waals surface area (Å²) >= 11 is 0. The minimum absolute atomic E-state index is 0.114. The lowest BCUT2D eigenvalue weighted by molar-refractivity contribution is -0.199. The van der Waals surface area contributed by atoms with Crippen molar-refractivity contribution in [3.05, 3.63) is 0 Å². The Balaban J connectivity index is 2.43. The molecule has 5 N–H and O–H groups in total. The quantitative estimate of drug-likeness (QED) is 0.295. The van der Waals surface area contributed by atoms with Crippen LogP contribution >= 0.6 is 0 Å². The van der Waals surface area contributed by atoms with Crippen LogP contribution in [0.5, 0.6) is 0 Å². The molecule has 0 aliphatic carbocycles. The number of aliphatic hydroxyl groups is 5. The van der Waals surface area contributed by atoms with E-state index in [0.29, 0.717) is 0 Å². The second kappa shape index (κ2) is 9.82. The van der Waals surface area contributed by atoms with Crippen molar-refractivity contribution in [2.75, 3.05) is 26.9 Å². The minimum Gasteiger partial charge on any atom is -0.394 e. The zero-order valence-electron chi connectivity index (χ0n) is 13.6. The molecule has 7 atom stereocenters. The normalized spacial score (nSPS) is 32.2. The first-order valence-corrected chi connectivity index (χ1v) is 7.56. The van der Waals surface area contributed by atoms with Gasteiger partial charge in [0, 0.05) is 7.11 Å². The van der Waals surface area contributed by atoms with Gasteiger partial charge in [-0.2, -0.15) is 0 Å². The van der Waals surface area contributed by atoms with Crippen molar-refractivity contribution >= 4 is 0 Å². The van der Waals surface area contributed by atoms with Gasteiger partial charge >= 0.3 is 0 Å². The smallest absolute Gasteiger partial charge is 0.187 e. The zero-order valence-corrected chi connectivity index (χ0v) is 13.6. The number of ether oxygens (including phenoxy) is 4. The van der Waals surface area contributed by atoms with Gasteiger partial charge in [0.1, 0.15) is 36.6 Å². The summed E-state index contributed by atoms with van der Waals surface area (Å²) < 4.78 is 20.8. The highest BCUT2D eigenvalue weighted by molar-refractivity contribution is 4.88. The Morgan fingerprint density at radius 3 is 2.22 bits per heavy atom. The van der Waals surface area contributed by atoms with Gasteiger partial charge in [-0.3, -0.25) is 0 Å². The highest BCUT2D eigenvalue weighted by Gasteiger charge is 2.44. The molecule has 1 rings (SSSR count). The molecule has 23 heavy (non-hydrogen) atoms. The fourth-order valence-electron chi connectivity index (χ4n) is 2.18. The van der Waals surface area contributed by atoms with Gasteiger partial charge in [0.2, 0.25) is 0 Å². The Labute approximate surface area is 135 Å². The molecule has 7 unspecified atom stereocenters. The van der Waals surface area contributed by atoms with E-state index < -0.39 is 49.5 Å². The molecule has 138 valence electrons. The molecule has 1 aliphatic heterocycles. The van der Waals surface area contributed by atoms with Gasteiger partial charge < -0.3 is 44.5 Å².